The predicted octanol–water partition coefficient (Wildman–Crippen LogP) is 2.73. The van der Waals surface area contributed by atoms with E-state index in [0.717, 1.165) is 0 Å². The van der Waals surface area contributed by atoms with Crippen molar-refractivity contribution in [3.63, 3.8) is 0 Å². The number of hydrogen-bond acceptors (Lipinski definition) is 4. The molecule has 0 aliphatic heterocycles. The van der Waals surface area contributed by atoms with Crippen molar-refractivity contribution in [2.45, 2.75) is 34.6 Å². The van der Waals surface area contributed by atoms with Gasteiger partial charge in [0, 0.05) is 13.6 Å². The van der Waals surface area contributed by atoms with Crippen LogP contribution in [0.4, 0.5) is 11.5 Å². The molecule has 0 aliphatic rings. The fourth-order valence-corrected chi connectivity index (χ4v) is 1.58. The molecule has 0 saturated carbocycles. The zero-order valence-corrected chi connectivity index (χ0v) is 11.9. The van der Waals surface area contributed by atoms with Gasteiger partial charge < -0.3 is 5.32 Å². The van der Waals surface area contributed by atoms with Gasteiger partial charge in [0.05, 0.1) is 4.92 Å². The summed E-state index contributed by atoms with van der Waals surface area (Å²) in [6.45, 7) is 10.9. The summed E-state index contributed by atoms with van der Waals surface area (Å²) in [5, 5.41) is 18.3. The molecule has 18 heavy (non-hydrogen) atoms. The van der Waals surface area contributed by atoms with Gasteiger partial charge in [-0.2, -0.15) is 5.10 Å². The standard InChI is InChI=1S/C12H22N4O2/c1-8(2)12(4,5)7-13-11-10(16(17)18)9(3)14-15(11)6/h8,13H,7H2,1-6H3. The van der Waals surface area contributed by atoms with Crippen molar-refractivity contribution in [3.05, 3.63) is 15.8 Å². The number of nitro groups is 1. The first-order valence-corrected chi connectivity index (χ1v) is 6.08. The Balaban J connectivity index is 2.95. The van der Waals surface area contributed by atoms with Crippen molar-refractivity contribution < 1.29 is 4.92 Å². The summed E-state index contributed by atoms with van der Waals surface area (Å²) in [6.07, 6.45) is 0. The summed E-state index contributed by atoms with van der Waals surface area (Å²) in [7, 11) is 1.71. The number of aryl methyl sites for hydroxylation is 2. The van der Waals surface area contributed by atoms with Crippen molar-refractivity contribution in [2.24, 2.45) is 18.4 Å². The second kappa shape index (κ2) is 4.96. The Hall–Kier alpha value is -1.59. The topological polar surface area (TPSA) is 73.0 Å². The van der Waals surface area contributed by atoms with E-state index < -0.39 is 0 Å². The third-order valence-electron chi connectivity index (χ3n) is 3.65. The Kier molecular flexibility index (Phi) is 3.98. The molecule has 0 saturated heterocycles. The quantitative estimate of drug-likeness (QED) is 0.647. The van der Waals surface area contributed by atoms with Gasteiger partial charge in [-0.25, -0.2) is 4.68 Å². The average molecular weight is 254 g/mol. The molecule has 0 radical (unpaired) electrons. The fraction of sp³-hybridized carbons (Fsp3) is 0.750. The molecule has 102 valence electrons. The molecule has 0 fully saturated rings. The van der Waals surface area contributed by atoms with Crippen LogP contribution in [0.2, 0.25) is 0 Å². The summed E-state index contributed by atoms with van der Waals surface area (Å²) in [5.41, 5.74) is 0.566. The van der Waals surface area contributed by atoms with Crippen LogP contribution in [0.25, 0.3) is 0 Å². The van der Waals surface area contributed by atoms with Crippen LogP contribution >= 0.6 is 0 Å². The Labute approximate surface area is 108 Å². The van der Waals surface area contributed by atoms with Crippen LogP contribution in [0, 0.1) is 28.4 Å². The highest BCUT2D eigenvalue weighted by molar-refractivity contribution is 5.59. The average Bonchev–Trinajstić information content (AvgIpc) is 2.50. The van der Waals surface area contributed by atoms with E-state index in [-0.39, 0.29) is 16.0 Å². The van der Waals surface area contributed by atoms with E-state index in [0.29, 0.717) is 24.0 Å². The van der Waals surface area contributed by atoms with Gasteiger partial charge in [-0.15, -0.1) is 0 Å². The minimum absolute atomic E-state index is 0.0616. The summed E-state index contributed by atoms with van der Waals surface area (Å²) in [6, 6.07) is 0. The van der Waals surface area contributed by atoms with Crippen LogP contribution in [-0.2, 0) is 7.05 Å². The Bertz CT molecular complexity index is 449. The number of nitrogens with one attached hydrogen (secondary N) is 1. The summed E-state index contributed by atoms with van der Waals surface area (Å²) in [4.78, 5) is 10.6. The van der Waals surface area contributed by atoms with E-state index in [9.17, 15) is 10.1 Å². The molecule has 0 spiro atoms. The van der Waals surface area contributed by atoms with E-state index in [2.05, 4.69) is 38.1 Å². The normalized spacial score (nSPS) is 11.9. The molecule has 0 amide bonds. The Morgan fingerprint density at radius 1 is 1.50 bits per heavy atom. The largest absolute Gasteiger partial charge is 0.364 e. The van der Waals surface area contributed by atoms with Crippen LogP contribution in [0.5, 0.6) is 0 Å². The van der Waals surface area contributed by atoms with Crippen LogP contribution in [-0.4, -0.2) is 21.2 Å². The van der Waals surface area contributed by atoms with E-state index in [1.54, 1.807) is 14.0 Å². The molecular formula is C12H22N4O2. The Morgan fingerprint density at radius 3 is 2.50 bits per heavy atom. The van der Waals surface area contributed by atoms with Crippen molar-refractivity contribution in [3.8, 4) is 0 Å². The SMILES string of the molecule is Cc1nn(C)c(NCC(C)(C)C(C)C)c1[N+](=O)[O-]. The molecule has 1 aromatic rings. The predicted molar refractivity (Wildman–Crippen MR) is 71.7 cm³/mol. The molecule has 1 heterocycles. The molecule has 6 nitrogen and oxygen atoms in total. The number of anilines is 1. The highest BCUT2D eigenvalue weighted by Crippen LogP contribution is 2.31. The van der Waals surface area contributed by atoms with E-state index in [1.165, 1.54) is 4.68 Å². The van der Waals surface area contributed by atoms with Gasteiger partial charge >= 0.3 is 5.69 Å². The highest BCUT2D eigenvalue weighted by atomic mass is 16.6. The molecule has 0 aromatic carbocycles. The van der Waals surface area contributed by atoms with Gasteiger partial charge in [-0.1, -0.05) is 27.7 Å². The lowest BCUT2D eigenvalue weighted by molar-refractivity contribution is -0.384. The minimum Gasteiger partial charge on any atom is -0.364 e. The van der Waals surface area contributed by atoms with Gasteiger partial charge in [0.2, 0.25) is 5.82 Å². The molecular weight excluding hydrogens is 232 g/mol. The van der Waals surface area contributed by atoms with Crippen molar-refractivity contribution >= 4 is 11.5 Å². The summed E-state index contributed by atoms with van der Waals surface area (Å²) in [5.74, 6) is 0.963. The number of aromatic nitrogens is 2. The molecule has 0 aliphatic carbocycles. The van der Waals surface area contributed by atoms with E-state index in [4.69, 9.17) is 0 Å². The van der Waals surface area contributed by atoms with E-state index in [1.807, 2.05) is 0 Å². The van der Waals surface area contributed by atoms with Crippen molar-refractivity contribution in [1.82, 2.24) is 9.78 Å². The highest BCUT2D eigenvalue weighted by Gasteiger charge is 2.27. The first-order valence-electron chi connectivity index (χ1n) is 6.08. The molecule has 1 aromatic heterocycles. The zero-order valence-electron chi connectivity index (χ0n) is 11.9. The van der Waals surface area contributed by atoms with Crippen molar-refractivity contribution in [2.75, 3.05) is 11.9 Å². The van der Waals surface area contributed by atoms with Crippen LogP contribution in [0.3, 0.4) is 0 Å². The lowest BCUT2D eigenvalue weighted by Crippen LogP contribution is -2.29. The Morgan fingerprint density at radius 2 is 2.06 bits per heavy atom. The van der Waals surface area contributed by atoms with Crippen molar-refractivity contribution in [1.29, 1.82) is 0 Å². The summed E-state index contributed by atoms with van der Waals surface area (Å²) < 4.78 is 1.53. The zero-order chi connectivity index (χ0) is 14.1. The molecule has 1 rings (SSSR count). The van der Waals surface area contributed by atoms with Gasteiger partial charge in [0.15, 0.2) is 0 Å². The maximum Gasteiger partial charge on any atom is 0.333 e. The van der Waals surface area contributed by atoms with Crippen LogP contribution < -0.4 is 5.32 Å². The minimum atomic E-state index is -0.382. The molecule has 0 unspecified atom stereocenters. The van der Waals surface area contributed by atoms with Crippen LogP contribution in [0.15, 0.2) is 0 Å². The first kappa shape index (κ1) is 14.5. The number of rotatable bonds is 5. The van der Waals surface area contributed by atoms with Gasteiger partial charge in [-0.3, -0.25) is 10.1 Å². The third kappa shape index (κ3) is 2.80. The smallest absolute Gasteiger partial charge is 0.333 e. The first-order chi connectivity index (χ1) is 8.16. The molecule has 0 atom stereocenters. The second-order valence-electron chi connectivity index (χ2n) is 5.66. The van der Waals surface area contributed by atoms with Crippen LogP contribution in [0.1, 0.15) is 33.4 Å². The van der Waals surface area contributed by atoms with Gasteiger partial charge in [0.1, 0.15) is 5.69 Å². The third-order valence-corrected chi connectivity index (χ3v) is 3.65. The fourth-order valence-electron chi connectivity index (χ4n) is 1.58. The monoisotopic (exact) mass is 254 g/mol. The lowest BCUT2D eigenvalue weighted by atomic mass is 9.81. The maximum atomic E-state index is 11.0. The summed E-state index contributed by atoms with van der Waals surface area (Å²) >= 11 is 0. The molecule has 0 bridgehead atoms. The number of nitrogens with zero attached hydrogens (tertiary/aromatic N) is 3. The van der Waals surface area contributed by atoms with E-state index >= 15 is 0 Å². The van der Waals surface area contributed by atoms with Gasteiger partial charge in [0.25, 0.3) is 0 Å². The van der Waals surface area contributed by atoms with Gasteiger partial charge in [-0.05, 0) is 18.3 Å². The second-order valence-corrected chi connectivity index (χ2v) is 5.66. The lowest BCUT2D eigenvalue weighted by Gasteiger charge is -2.29. The molecule has 6 heteroatoms. The maximum absolute atomic E-state index is 11.0. The molecule has 1 N–H and O–H groups in total. The number of hydrogen-bond donors (Lipinski definition) is 1.